The number of Topliss-reactive ketones (excluding diaryl/α,β-unsaturated/α-hetero) is 1. The molecule has 11 N–H and O–H groups in total. The normalized spacial score (nSPS) is 29.7. The topological polar surface area (TPSA) is 349 Å². The minimum atomic E-state index is -2.24. The maximum absolute atomic E-state index is 13.6. The number of methoxy groups -OCH3 is 1. The van der Waals surface area contributed by atoms with Gasteiger partial charge in [0.05, 0.1) is 48.5 Å². The number of nitrogens with two attached hydrogens (primary N) is 1. The van der Waals surface area contributed by atoms with Crippen LogP contribution < -0.4 is 31.7 Å². The van der Waals surface area contributed by atoms with Gasteiger partial charge in [-0.2, -0.15) is 0 Å². The molecule has 2 aromatic carbocycles. The monoisotopic (exact) mass is 1080 g/mol. The molecule has 24 heteroatoms. The maximum Gasteiger partial charge on any atom is 0.329 e. The smallest absolute Gasteiger partial charge is 0.329 e. The first-order valence-electron chi connectivity index (χ1n) is 24.4. The molecule has 408 valence electrons. The lowest BCUT2D eigenvalue weighted by Crippen LogP contribution is -2.57. The first kappa shape index (κ1) is 58.4. The summed E-state index contributed by atoms with van der Waals surface area (Å²) in [6.45, 7) is 9.22. The lowest BCUT2D eigenvalue weighted by atomic mass is 9.72. The van der Waals surface area contributed by atoms with Crippen LogP contribution in [0.1, 0.15) is 116 Å². The summed E-state index contributed by atoms with van der Waals surface area (Å²) in [5, 5.41) is 64.4. The highest BCUT2D eigenvalue weighted by Gasteiger charge is 2.50. The van der Waals surface area contributed by atoms with Crippen molar-refractivity contribution in [2.45, 2.75) is 134 Å². The molecule has 0 aromatic heterocycles. The van der Waals surface area contributed by atoms with Gasteiger partial charge in [-0.1, -0.05) is 73.6 Å². The molecule has 5 aliphatic rings. The van der Waals surface area contributed by atoms with Gasteiger partial charge in [-0.15, -0.1) is 0 Å². The van der Waals surface area contributed by atoms with E-state index < -0.39 is 149 Å². The number of rotatable bonds is 7. The summed E-state index contributed by atoms with van der Waals surface area (Å²) in [4.78, 5) is 105. The summed E-state index contributed by atoms with van der Waals surface area (Å²) in [7, 11) is 4.27. The second kappa shape index (κ2) is 24.9. The molecule has 3 aliphatic heterocycles. The number of carbonyl (C=O) groups is 8. The van der Waals surface area contributed by atoms with Gasteiger partial charge < -0.3 is 71.5 Å². The second-order valence-corrected chi connectivity index (χ2v) is 22.0. The van der Waals surface area contributed by atoms with E-state index in [0.29, 0.717) is 12.2 Å². The Bertz CT molecular complexity index is 2630. The van der Waals surface area contributed by atoms with E-state index in [-0.39, 0.29) is 64.1 Å². The molecule has 0 radical (unpaired) electrons. The summed E-state index contributed by atoms with van der Waals surface area (Å²) >= 11 is 0. The van der Waals surface area contributed by atoms with Crippen molar-refractivity contribution in [2.75, 3.05) is 25.2 Å². The van der Waals surface area contributed by atoms with E-state index in [1.165, 1.54) is 53.0 Å². The zero-order valence-electron chi connectivity index (χ0n) is 42.5. The van der Waals surface area contributed by atoms with Crippen molar-refractivity contribution < 1.29 is 82.8 Å². The quantitative estimate of drug-likeness (QED) is 0.0526. The number of phenols is 2. The van der Waals surface area contributed by atoms with Crippen molar-refractivity contribution in [3.8, 4) is 17.2 Å². The highest BCUT2D eigenvalue weighted by atomic mass is 33.1. The van der Waals surface area contributed by atoms with Crippen molar-refractivity contribution in [1.29, 1.82) is 0 Å². The summed E-state index contributed by atoms with van der Waals surface area (Å²) in [5.41, 5.74) is 2.33. The number of hydrogen-bond donors (Lipinski definition) is 10. The minimum Gasteiger partial charge on any atom is -0.507 e. The third-order valence-corrected chi connectivity index (χ3v) is 15.8. The standard InChI is InChI=1S/C27H29NO11.C24H36N4O6S2/c1-10-22(31)13(28)6-17(38-10)39-15-8-27(36,16(30)9-29)7-12-19(15)26(35)21-20(24(12)33)23(32)11-4-3-5-14(37-2)18(11)25(21)34;1-6-16-21(30)28-20(14(4)5)24(33)34-15-9-7-8-10-35-36-12-17(22(31)25-16)26-23(32)19(13(2)3)27-18(29)11-15/h3-5,10,13,15,17,22,29,31,33,35-36H,6-9,28H2,1-2H3;6-7,9,13-15,17,19-20H,8,10-12H2,1-5H3,(H,25,31)(H,26,32)(H,27,29)(H,28,30)/b;9-7+,16-6-/t10-,13-,15-,17-,22+,27-;15-,17-,19-,20+/m01/s1. The third kappa shape index (κ3) is 12.9. The van der Waals surface area contributed by atoms with Crippen LogP contribution in [-0.4, -0.2) is 152 Å². The van der Waals surface area contributed by atoms with E-state index in [9.17, 15) is 63.9 Å². The SMILES string of the molecule is C/C=C1\NC(=O)[C@H]2CSSCC/C=C/[C@H](CC(=O)N[C@H](C(C)C)C(=O)N2)OC(=O)[C@H](C(C)C)NC1=O.COc1cccc2c1C(=O)c1c(O)c3c(c(O)c1C2=O)C[C@@](O)(C(=O)CO)C[C@@H]3O[C@H]1C[C@H](N)[C@H](O)[C@H](C)O1. The van der Waals surface area contributed by atoms with Gasteiger partial charge in [0.2, 0.25) is 23.5 Å². The van der Waals surface area contributed by atoms with E-state index in [1.54, 1.807) is 47.6 Å². The first-order chi connectivity index (χ1) is 35.5. The molecule has 2 aliphatic carbocycles. The zero-order valence-corrected chi connectivity index (χ0v) is 44.1. The van der Waals surface area contributed by atoms with Gasteiger partial charge >= 0.3 is 5.97 Å². The summed E-state index contributed by atoms with van der Waals surface area (Å²) in [6, 6.07) is 0.771. The van der Waals surface area contributed by atoms with Crippen molar-refractivity contribution >= 4 is 68.5 Å². The maximum atomic E-state index is 13.6. The minimum absolute atomic E-state index is 0.0173. The number of aliphatic hydroxyl groups excluding tert-OH is 2. The molecule has 22 nitrogen and oxygen atoms in total. The predicted octanol–water partition coefficient (Wildman–Crippen LogP) is 1.43. The van der Waals surface area contributed by atoms with Gasteiger partial charge in [-0.05, 0) is 44.2 Å². The van der Waals surface area contributed by atoms with Crippen LogP contribution in [0.5, 0.6) is 17.2 Å². The number of benzene rings is 2. The molecule has 2 saturated heterocycles. The molecule has 75 heavy (non-hydrogen) atoms. The molecule has 0 spiro atoms. The Morgan fingerprint density at radius 3 is 2.28 bits per heavy atom. The number of amides is 4. The number of esters is 1. The van der Waals surface area contributed by atoms with Crippen molar-refractivity contribution in [2.24, 2.45) is 17.6 Å². The molecular formula is C51H65N5O17S2. The number of nitrogens with one attached hydrogen (secondary N) is 4. The number of fused-ring (bicyclic) bond motifs is 10. The number of aliphatic hydroxyl groups is 3. The average molecular weight is 1080 g/mol. The summed E-state index contributed by atoms with van der Waals surface area (Å²) < 4.78 is 22.6. The highest BCUT2D eigenvalue weighted by molar-refractivity contribution is 8.76. The van der Waals surface area contributed by atoms with Crippen molar-refractivity contribution in [3.05, 3.63) is 75.5 Å². The Morgan fingerprint density at radius 2 is 1.64 bits per heavy atom. The molecule has 4 amide bonds. The van der Waals surface area contributed by atoms with Crippen LogP contribution in [0.15, 0.2) is 42.1 Å². The van der Waals surface area contributed by atoms with E-state index >= 15 is 0 Å². The number of carbonyl (C=O) groups excluding carboxylic acids is 8. The molecule has 0 unspecified atom stereocenters. The fourth-order valence-corrected chi connectivity index (χ4v) is 11.4. The van der Waals surface area contributed by atoms with Crippen LogP contribution in [0.25, 0.3) is 0 Å². The molecule has 3 heterocycles. The molecule has 2 aromatic rings. The van der Waals surface area contributed by atoms with E-state index in [0.717, 1.165) is 0 Å². The van der Waals surface area contributed by atoms with E-state index in [4.69, 9.17) is 24.7 Å². The van der Waals surface area contributed by atoms with Crippen molar-refractivity contribution in [1.82, 2.24) is 21.3 Å². The number of aromatic hydroxyl groups is 2. The zero-order chi connectivity index (χ0) is 55.2. The lowest BCUT2D eigenvalue weighted by molar-refractivity contribution is -0.247. The second-order valence-electron chi connectivity index (χ2n) is 19.4. The highest BCUT2D eigenvalue weighted by Crippen LogP contribution is 2.52. The van der Waals surface area contributed by atoms with Crippen LogP contribution in [0.3, 0.4) is 0 Å². The summed E-state index contributed by atoms with van der Waals surface area (Å²) in [6.07, 6.45) is -0.614. The van der Waals surface area contributed by atoms with Crippen LogP contribution in [-0.2, 0) is 49.4 Å². The van der Waals surface area contributed by atoms with Gasteiger partial charge in [-0.25, -0.2) is 4.79 Å². The van der Waals surface area contributed by atoms with Gasteiger partial charge in [0.15, 0.2) is 17.9 Å². The largest absolute Gasteiger partial charge is 0.507 e. The van der Waals surface area contributed by atoms with Gasteiger partial charge in [0.25, 0.3) is 5.91 Å². The molecular weight excluding hydrogens is 1020 g/mol. The molecule has 2 fully saturated rings. The number of ether oxygens (including phenoxy) is 4. The van der Waals surface area contributed by atoms with Gasteiger partial charge in [-0.3, -0.25) is 33.6 Å². The number of hydrogen-bond acceptors (Lipinski definition) is 20. The molecule has 2 bridgehead atoms. The van der Waals surface area contributed by atoms with Crippen LogP contribution in [0.4, 0.5) is 0 Å². The average Bonchev–Trinajstić information content (AvgIpc) is 3.36. The fourth-order valence-electron chi connectivity index (χ4n) is 9.25. The Kier molecular flexibility index (Phi) is 19.4. The van der Waals surface area contributed by atoms with Crippen molar-refractivity contribution in [3.63, 3.8) is 0 Å². The van der Waals surface area contributed by atoms with E-state index in [2.05, 4.69) is 21.3 Å². The van der Waals surface area contributed by atoms with E-state index in [1.807, 2.05) is 6.08 Å². The lowest BCUT2D eigenvalue weighted by Gasteiger charge is -2.42. The third-order valence-electron chi connectivity index (χ3n) is 13.4. The van der Waals surface area contributed by atoms with Gasteiger partial charge in [0, 0.05) is 53.5 Å². The fraction of sp³-hybridized carbons (Fsp3) is 0.529. The number of ketones is 3. The predicted molar refractivity (Wildman–Crippen MR) is 272 cm³/mol. The Morgan fingerprint density at radius 1 is 0.947 bits per heavy atom. The molecule has 7 rings (SSSR count). The van der Waals surface area contributed by atoms with Crippen LogP contribution in [0.2, 0.25) is 0 Å². The first-order valence-corrected chi connectivity index (χ1v) is 26.9. The Balaban J connectivity index is 0.000000245. The number of allylic oxidation sites excluding steroid dienone is 2. The number of phenolic OH excluding ortho intramolecular Hbond substituents is 2. The molecule has 10 atom stereocenters. The molecule has 0 saturated carbocycles. The summed E-state index contributed by atoms with van der Waals surface area (Å²) in [5.74, 6) is -6.32. The van der Waals surface area contributed by atoms with Crippen LogP contribution in [0, 0.1) is 11.8 Å². The Labute approximate surface area is 440 Å². The van der Waals surface area contributed by atoms with Crippen LogP contribution >= 0.6 is 21.6 Å². The van der Waals surface area contributed by atoms with Gasteiger partial charge in [0.1, 0.15) is 59.4 Å². The Hall–Kier alpha value is -5.86.